The van der Waals surface area contributed by atoms with Crippen molar-refractivity contribution in [2.45, 2.75) is 33.2 Å². The van der Waals surface area contributed by atoms with Gasteiger partial charge in [-0.25, -0.2) is 13.4 Å². The highest BCUT2D eigenvalue weighted by atomic mass is 32.2. The van der Waals surface area contributed by atoms with Crippen molar-refractivity contribution in [3.63, 3.8) is 0 Å². The standard InChI is InChI=1S/C15H23N3O3S/c1-15(2,3)14(19)17-13-6-5-11(9-16-13)18(4)12-7-8-22(20,21)10-12/h5-6,9,12H,7-8,10H2,1-4H3,(H,16,17,19). The van der Waals surface area contributed by atoms with Crippen LogP contribution in [0.1, 0.15) is 27.2 Å². The average Bonchev–Trinajstić information content (AvgIpc) is 2.78. The molecule has 6 nitrogen and oxygen atoms in total. The minimum atomic E-state index is -2.91. The van der Waals surface area contributed by atoms with Crippen molar-refractivity contribution in [2.24, 2.45) is 5.41 Å². The summed E-state index contributed by atoms with van der Waals surface area (Å²) in [5, 5.41) is 2.77. The zero-order chi connectivity index (χ0) is 16.5. The molecule has 7 heteroatoms. The third-order valence-corrected chi connectivity index (χ3v) is 5.58. The van der Waals surface area contributed by atoms with Gasteiger partial charge in [0.2, 0.25) is 5.91 Å². The quantitative estimate of drug-likeness (QED) is 0.915. The molecule has 1 aromatic heterocycles. The second-order valence-electron chi connectivity index (χ2n) is 6.77. The molecule has 1 aliphatic heterocycles. The van der Waals surface area contributed by atoms with E-state index in [2.05, 4.69) is 10.3 Å². The first kappa shape index (κ1) is 16.7. The summed E-state index contributed by atoms with van der Waals surface area (Å²) < 4.78 is 23.1. The van der Waals surface area contributed by atoms with Gasteiger partial charge in [0.25, 0.3) is 0 Å². The van der Waals surface area contributed by atoms with Crippen molar-refractivity contribution in [1.82, 2.24) is 4.98 Å². The number of rotatable bonds is 3. The lowest BCUT2D eigenvalue weighted by Crippen LogP contribution is -2.32. The van der Waals surface area contributed by atoms with Gasteiger partial charge in [-0.3, -0.25) is 4.79 Å². The number of hydrogen-bond donors (Lipinski definition) is 1. The molecule has 1 fully saturated rings. The van der Waals surface area contributed by atoms with Crippen LogP contribution >= 0.6 is 0 Å². The summed E-state index contributed by atoms with van der Waals surface area (Å²) in [6.45, 7) is 5.51. The fourth-order valence-electron chi connectivity index (χ4n) is 2.26. The Hall–Kier alpha value is -1.63. The molecule has 1 aromatic rings. The lowest BCUT2D eigenvalue weighted by molar-refractivity contribution is -0.123. The van der Waals surface area contributed by atoms with Gasteiger partial charge >= 0.3 is 0 Å². The van der Waals surface area contributed by atoms with Crippen LogP contribution in [0, 0.1) is 5.41 Å². The predicted molar refractivity (Wildman–Crippen MR) is 87.8 cm³/mol. The largest absolute Gasteiger partial charge is 0.369 e. The van der Waals surface area contributed by atoms with E-state index in [1.165, 1.54) is 0 Å². The van der Waals surface area contributed by atoms with Gasteiger partial charge in [-0.2, -0.15) is 0 Å². The third kappa shape index (κ3) is 3.97. The van der Waals surface area contributed by atoms with Crippen molar-refractivity contribution in [3.05, 3.63) is 18.3 Å². The minimum absolute atomic E-state index is 0.0122. The monoisotopic (exact) mass is 325 g/mol. The number of nitrogens with zero attached hydrogens (tertiary/aromatic N) is 2. The molecule has 2 rings (SSSR count). The molecule has 0 aromatic carbocycles. The number of pyridine rings is 1. The maximum atomic E-state index is 11.9. The highest BCUT2D eigenvalue weighted by Gasteiger charge is 2.31. The number of aromatic nitrogens is 1. The van der Waals surface area contributed by atoms with Crippen LogP contribution in [0.2, 0.25) is 0 Å². The first-order valence-electron chi connectivity index (χ1n) is 7.29. The van der Waals surface area contributed by atoms with E-state index in [0.29, 0.717) is 12.2 Å². The Labute approximate surface area is 131 Å². The van der Waals surface area contributed by atoms with E-state index in [4.69, 9.17) is 0 Å². The van der Waals surface area contributed by atoms with Crippen molar-refractivity contribution >= 4 is 27.2 Å². The molecule has 0 bridgehead atoms. The van der Waals surface area contributed by atoms with Gasteiger partial charge in [-0.05, 0) is 18.6 Å². The van der Waals surface area contributed by atoms with E-state index in [1.807, 2.05) is 38.8 Å². The number of nitrogens with one attached hydrogen (secondary N) is 1. The number of amides is 1. The van der Waals surface area contributed by atoms with E-state index in [9.17, 15) is 13.2 Å². The Morgan fingerprint density at radius 2 is 2.05 bits per heavy atom. The van der Waals surface area contributed by atoms with Crippen LogP contribution in [0.4, 0.5) is 11.5 Å². The first-order chi connectivity index (χ1) is 10.1. The summed E-state index contributed by atoms with van der Waals surface area (Å²) in [7, 11) is -1.04. The molecule has 1 unspecified atom stereocenters. The molecule has 0 radical (unpaired) electrons. The molecule has 0 spiro atoms. The maximum absolute atomic E-state index is 11.9. The summed E-state index contributed by atoms with van der Waals surface area (Å²) in [4.78, 5) is 18.1. The Morgan fingerprint density at radius 3 is 2.50 bits per heavy atom. The zero-order valence-corrected chi connectivity index (χ0v) is 14.3. The second kappa shape index (κ2) is 5.87. The molecule has 1 atom stereocenters. The molecule has 1 amide bonds. The fraction of sp³-hybridized carbons (Fsp3) is 0.600. The van der Waals surface area contributed by atoms with Gasteiger partial charge in [0.05, 0.1) is 23.4 Å². The van der Waals surface area contributed by atoms with Crippen LogP contribution in [0.3, 0.4) is 0 Å². The summed E-state index contributed by atoms with van der Waals surface area (Å²) in [6.07, 6.45) is 2.30. The van der Waals surface area contributed by atoms with E-state index < -0.39 is 15.3 Å². The van der Waals surface area contributed by atoms with Gasteiger partial charge in [-0.1, -0.05) is 20.8 Å². The van der Waals surface area contributed by atoms with E-state index in [0.717, 1.165) is 5.69 Å². The second-order valence-corrected chi connectivity index (χ2v) is 9.00. The Kier molecular flexibility index (Phi) is 4.47. The maximum Gasteiger partial charge on any atom is 0.230 e. The zero-order valence-electron chi connectivity index (χ0n) is 13.5. The summed E-state index contributed by atoms with van der Waals surface area (Å²) in [5.74, 6) is 0.834. The number of hydrogen-bond acceptors (Lipinski definition) is 5. The van der Waals surface area contributed by atoms with Crippen LogP contribution in [0.25, 0.3) is 0 Å². The third-order valence-electron chi connectivity index (χ3n) is 3.83. The van der Waals surface area contributed by atoms with Crippen molar-refractivity contribution < 1.29 is 13.2 Å². The molecule has 1 aliphatic rings. The van der Waals surface area contributed by atoms with Gasteiger partial charge in [0, 0.05) is 18.5 Å². The predicted octanol–water partition coefficient (Wildman–Crippen LogP) is 1.69. The van der Waals surface area contributed by atoms with Crippen LogP contribution in [0.15, 0.2) is 18.3 Å². The van der Waals surface area contributed by atoms with Gasteiger partial charge in [0.15, 0.2) is 9.84 Å². The number of sulfone groups is 1. The molecular weight excluding hydrogens is 302 g/mol. The molecule has 22 heavy (non-hydrogen) atoms. The van der Waals surface area contributed by atoms with E-state index >= 15 is 0 Å². The van der Waals surface area contributed by atoms with Gasteiger partial charge < -0.3 is 10.2 Å². The van der Waals surface area contributed by atoms with E-state index in [1.54, 1.807) is 12.3 Å². The molecule has 1 N–H and O–H groups in total. The number of carbonyl (C=O) groups is 1. The highest BCUT2D eigenvalue weighted by Crippen LogP contribution is 2.23. The number of carbonyl (C=O) groups excluding carboxylic acids is 1. The lowest BCUT2D eigenvalue weighted by atomic mass is 9.96. The summed E-state index contributed by atoms with van der Waals surface area (Å²) in [6, 6.07) is 3.57. The fourth-order valence-corrected chi connectivity index (χ4v) is 4.04. The van der Waals surface area contributed by atoms with Crippen molar-refractivity contribution in [2.75, 3.05) is 28.8 Å². The van der Waals surface area contributed by atoms with Gasteiger partial charge in [0.1, 0.15) is 5.82 Å². The highest BCUT2D eigenvalue weighted by molar-refractivity contribution is 7.91. The Morgan fingerprint density at radius 1 is 1.36 bits per heavy atom. The van der Waals surface area contributed by atoms with Crippen LogP contribution in [-0.4, -0.2) is 43.9 Å². The topological polar surface area (TPSA) is 79.4 Å². The number of anilines is 2. The summed E-state index contributed by atoms with van der Waals surface area (Å²) in [5.41, 5.74) is 0.367. The van der Waals surface area contributed by atoms with Crippen molar-refractivity contribution in [1.29, 1.82) is 0 Å². The minimum Gasteiger partial charge on any atom is -0.369 e. The summed E-state index contributed by atoms with van der Waals surface area (Å²) >= 11 is 0. The average molecular weight is 325 g/mol. The van der Waals surface area contributed by atoms with Gasteiger partial charge in [-0.15, -0.1) is 0 Å². The molecule has 2 heterocycles. The molecule has 0 saturated carbocycles. The van der Waals surface area contributed by atoms with E-state index in [-0.39, 0.29) is 23.5 Å². The Balaban J connectivity index is 2.04. The Bertz CT molecular complexity index is 648. The van der Waals surface area contributed by atoms with Crippen molar-refractivity contribution in [3.8, 4) is 0 Å². The lowest BCUT2D eigenvalue weighted by Gasteiger charge is -2.25. The van der Waals surface area contributed by atoms with Crippen LogP contribution < -0.4 is 10.2 Å². The smallest absolute Gasteiger partial charge is 0.230 e. The molecule has 122 valence electrons. The molecular formula is C15H23N3O3S. The van der Waals surface area contributed by atoms with Crippen LogP contribution in [0.5, 0.6) is 0 Å². The first-order valence-corrected chi connectivity index (χ1v) is 9.11. The SMILES string of the molecule is CN(c1ccc(NC(=O)C(C)(C)C)nc1)C1CCS(=O)(=O)C1. The normalized spacial score (nSPS) is 20.6. The molecule has 0 aliphatic carbocycles. The molecule has 1 saturated heterocycles. The van der Waals surface area contributed by atoms with Crippen LogP contribution in [-0.2, 0) is 14.6 Å².